The van der Waals surface area contributed by atoms with Crippen molar-refractivity contribution in [3.63, 3.8) is 0 Å². The molecule has 0 saturated carbocycles. The van der Waals surface area contributed by atoms with Crippen LogP contribution in [0.3, 0.4) is 0 Å². The first kappa shape index (κ1) is 22.4. The van der Waals surface area contributed by atoms with Gasteiger partial charge in [0.2, 0.25) is 10.0 Å². The highest BCUT2D eigenvalue weighted by Gasteiger charge is 2.33. The maximum absolute atomic E-state index is 13.3. The first-order valence-electron chi connectivity index (χ1n) is 11.1. The second-order valence-electron chi connectivity index (χ2n) is 8.62. The van der Waals surface area contributed by atoms with Crippen LogP contribution < -0.4 is 0 Å². The van der Waals surface area contributed by atoms with Gasteiger partial charge in [0, 0.05) is 24.4 Å². The van der Waals surface area contributed by atoms with Crippen molar-refractivity contribution >= 4 is 47.4 Å². The Morgan fingerprint density at radius 2 is 1.97 bits per heavy atom. The Hall–Kier alpha value is -3.09. The van der Waals surface area contributed by atoms with Gasteiger partial charge in [0.1, 0.15) is 21.6 Å². The van der Waals surface area contributed by atoms with Gasteiger partial charge >= 0.3 is 0 Å². The Morgan fingerprint density at radius 3 is 2.74 bits per heavy atom. The summed E-state index contributed by atoms with van der Waals surface area (Å²) in [5.41, 5.74) is 1.64. The highest BCUT2D eigenvalue weighted by Crippen LogP contribution is 2.37. The number of hydrogen-bond acceptors (Lipinski definition) is 7. The summed E-state index contributed by atoms with van der Waals surface area (Å²) in [7, 11) is -3.61. The molecule has 1 aliphatic rings. The number of fused-ring (bicyclic) bond motifs is 5. The molecular formula is C23H20F2N6O2S2. The smallest absolute Gasteiger partial charge is 0.236 e. The maximum atomic E-state index is 13.3. The minimum atomic E-state index is -3.61. The van der Waals surface area contributed by atoms with Crippen LogP contribution in [-0.2, 0) is 10.0 Å². The minimum Gasteiger partial charge on any atom is -0.236 e. The molecule has 1 fully saturated rings. The predicted molar refractivity (Wildman–Crippen MR) is 128 cm³/mol. The van der Waals surface area contributed by atoms with Crippen LogP contribution in [0.5, 0.6) is 0 Å². The zero-order valence-corrected chi connectivity index (χ0v) is 20.2. The van der Waals surface area contributed by atoms with E-state index in [-0.39, 0.29) is 23.1 Å². The number of aryl methyl sites for hydroxylation is 1. The van der Waals surface area contributed by atoms with Crippen molar-refractivity contribution < 1.29 is 17.2 Å². The molecule has 0 radical (unpaired) electrons. The number of hydrogen-bond donors (Lipinski definition) is 0. The van der Waals surface area contributed by atoms with Gasteiger partial charge in [0.15, 0.2) is 11.5 Å². The second kappa shape index (κ2) is 8.25. The largest absolute Gasteiger partial charge is 0.280 e. The lowest BCUT2D eigenvalue weighted by atomic mass is 9.99. The van der Waals surface area contributed by atoms with E-state index in [0.29, 0.717) is 45.0 Å². The summed E-state index contributed by atoms with van der Waals surface area (Å²) in [6.45, 7) is 2.50. The summed E-state index contributed by atoms with van der Waals surface area (Å²) in [5, 5.41) is 5.34. The molecule has 6 rings (SSSR count). The molecule has 1 atom stereocenters. The number of piperidine rings is 1. The van der Waals surface area contributed by atoms with Gasteiger partial charge in [-0.15, -0.1) is 16.4 Å². The van der Waals surface area contributed by atoms with Crippen LogP contribution in [-0.4, -0.2) is 50.4 Å². The average Bonchev–Trinajstić information content (AvgIpc) is 3.46. The second-order valence-corrected chi connectivity index (χ2v) is 11.6. The van der Waals surface area contributed by atoms with Gasteiger partial charge in [-0.3, -0.25) is 0 Å². The van der Waals surface area contributed by atoms with E-state index in [4.69, 9.17) is 4.98 Å². The van der Waals surface area contributed by atoms with E-state index < -0.39 is 16.4 Å². The van der Waals surface area contributed by atoms with E-state index in [2.05, 4.69) is 15.1 Å². The van der Waals surface area contributed by atoms with Gasteiger partial charge in [-0.25, -0.2) is 36.7 Å². The summed E-state index contributed by atoms with van der Waals surface area (Å²) in [5.74, 6) is 0.375. The van der Waals surface area contributed by atoms with Crippen molar-refractivity contribution in [1.82, 2.24) is 28.9 Å². The molecule has 0 unspecified atom stereocenters. The maximum Gasteiger partial charge on any atom is 0.280 e. The summed E-state index contributed by atoms with van der Waals surface area (Å²) in [6.07, 6.45) is 0.362. The predicted octanol–water partition coefficient (Wildman–Crippen LogP) is 4.70. The number of alkyl halides is 2. The summed E-state index contributed by atoms with van der Waals surface area (Å²) in [4.78, 5) is 14.2. The van der Waals surface area contributed by atoms with Crippen LogP contribution >= 0.6 is 11.3 Å². The molecule has 4 aromatic heterocycles. The van der Waals surface area contributed by atoms with E-state index in [0.717, 1.165) is 11.8 Å². The Bertz CT molecular complexity index is 1680. The summed E-state index contributed by atoms with van der Waals surface area (Å²) >= 11 is 1.26. The number of benzene rings is 1. The number of sulfonamides is 1. The lowest BCUT2D eigenvalue weighted by Gasteiger charge is -2.30. The molecule has 0 bridgehead atoms. The Morgan fingerprint density at radius 1 is 1.17 bits per heavy atom. The van der Waals surface area contributed by atoms with Crippen molar-refractivity contribution in [3.05, 3.63) is 59.8 Å². The molecule has 1 saturated heterocycles. The lowest BCUT2D eigenvalue weighted by molar-refractivity contribution is 0.146. The summed E-state index contributed by atoms with van der Waals surface area (Å²) < 4.78 is 56.6. The number of pyridine rings is 1. The van der Waals surface area contributed by atoms with Crippen molar-refractivity contribution in [2.75, 3.05) is 13.1 Å². The van der Waals surface area contributed by atoms with Crippen LogP contribution in [0.25, 0.3) is 26.1 Å². The Balaban J connectivity index is 1.40. The molecule has 0 N–H and O–H groups in total. The third kappa shape index (κ3) is 3.67. The van der Waals surface area contributed by atoms with Crippen molar-refractivity contribution in [2.24, 2.45) is 0 Å². The molecule has 12 heteroatoms. The molecule has 0 amide bonds. The molecule has 35 heavy (non-hydrogen) atoms. The molecular weight excluding hydrogens is 494 g/mol. The third-order valence-electron chi connectivity index (χ3n) is 6.35. The molecule has 5 aromatic rings. The Labute approximate surface area is 203 Å². The van der Waals surface area contributed by atoms with Crippen LogP contribution in [0.1, 0.15) is 42.3 Å². The van der Waals surface area contributed by atoms with Gasteiger partial charge in [-0.05, 0) is 43.5 Å². The standard InChI is InChI=1S/C23H20F2N6O2S2/c1-13-10-16(20(24)25)27-23-17(13)18-19(34-23)22-28-21(29-31(22)12-26-18)14-6-5-9-30(11-14)35(32,33)15-7-3-2-4-8-15/h2-4,7-8,10,12,14,20H,5-6,9,11H2,1H3/t14-/m1/s1. The molecule has 0 spiro atoms. The zero-order chi connectivity index (χ0) is 24.3. The van der Waals surface area contributed by atoms with Crippen molar-refractivity contribution in [3.8, 4) is 0 Å². The van der Waals surface area contributed by atoms with Gasteiger partial charge < -0.3 is 0 Å². The number of thiophene rings is 1. The monoisotopic (exact) mass is 514 g/mol. The number of aromatic nitrogens is 5. The van der Waals surface area contributed by atoms with Crippen LogP contribution in [0.2, 0.25) is 0 Å². The highest BCUT2D eigenvalue weighted by atomic mass is 32.2. The zero-order valence-electron chi connectivity index (χ0n) is 18.6. The van der Waals surface area contributed by atoms with Gasteiger partial charge in [-0.1, -0.05) is 18.2 Å². The SMILES string of the molecule is Cc1cc(C(F)F)nc2sc3c(ncn4nc([C@@H]5CCCN(S(=O)(=O)c6ccccc6)C5)nc34)c12. The normalized spacial score (nSPS) is 17.8. The van der Waals surface area contributed by atoms with Gasteiger partial charge in [-0.2, -0.15) is 4.31 Å². The van der Waals surface area contributed by atoms with Crippen LogP contribution in [0.15, 0.2) is 47.6 Å². The fraction of sp³-hybridized carbons (Fsp3) is 0.304. The first-order chi connectivity index (χ1) is 16.8. The average molecular weight is 515 g/mol. The first-order valence-corrected chi connectivity index (χ1v) is 13.4. The van der Waals surface area contributed by atoms with Crippen molar-refractivity contribution in [2.45, 2.75) is 37.0 Å². The number of rotatable bonds is 4. The minimum absolute atomic E-state index is 0.170. The molecule has 180 valence electrons. The fourth-order valence-electron chi connectivity index (χ4n) is 4.65. The highest BCUT2D eigenvalue weighted by molar-refractivity contribution is 7.89. The molecule has 0 aliphatic carbocycles. The van der Waals surface area contributed by atoms with E-state index >= 15 is 0 Å². The van der Waals surface area contributed by atoms with E-state index in [1.54, 1.807) is 48.1 Å². The topological polar surface area (TPSA) is 93.4 Å². The van der Waals surface area contributed by atoms with E-state index in [1.165, 1.54) is 21.7 Å². The quantitative estimate of drug-likeness (QED) is 0.345. The van der Waals surface area contributed by atoms with Crippen LogP contribution in [0, 0.1) is 6.92 Å². The summed E-state index contributed by atoms with van der Waals surface area (Å²) in [6, 6.07) is 9.80. The van der Waals surface area contributed by atoms with Gasteiger partial charge in [0.05, 0.1) is 10.4 Å². The van der Waals surface area contributed by atoms with E-state index in [1.807, 2.05) is 0 Å². The van der Waals surface area contributed by atoms with E-state index in [9.17, 15) is 17.2 Å². The molecule has 5 heterocycles. The fourth-order valence-corrected chi connectivity index (χ4v) is 7.38. The molecule has 1 aliphatic heterocycles. The number of halogens is 2. The lowest BCUT2D eigenvalue weighted by Crippen LogP contribution is -2.39. The van der Waals surface area contributed by atoms with Gasteiger partial charge in [0.25, 0.3) is 6.43 Å². The van der Waals surface area contributed by atoms with Crippen molar-refractivity contribution in [1.29, 1.82) is 0 Å². The molecule has 1 aromatic carbocycles. The molecule has 8 nitrogen and oxygen atoms in total. The van der Waals surface area contributed by atoms with Crippen LogP contribution in [0.4, 0.5) is 8.78 Å². The Kier molecular flexibility index (Phi) is 5.27. The number of nitrogens with zero attached hydrogens (tertiary/aromatic N) is 6. The third-order valence-corrected chi connectivity index (χ3v) is 9.30.